The van der Waals surface area contributed by atoms with E-state index in [9.17, 15) is 4.57 Å². The second kappa shape index (κ2) is 4.98. The van der Waals surface area contributed by atoms with E-state index in [1.54, 1.807) is 24.8 Å². The van der Waals surface area contributed by atoms with Crippen LogP contribution in [-0.2, 0) is 4.57 Å². The van der Waals surface area contributed by atoms with Gasteiger partial charge in [-0.1, -0.05) is 0 Å². The standard InChI is InChI=1S/C12H13N2O3P/c1-10(18(15,16)17)14-8-4-12(5-9-14)11-2-6-13-7-3-11/h2-10H,1H3,(H-,15,16,17)/p+1. The Morgan fingerprint density at radius 3 is 2.11 bits per heavy atom. The Kier molecular flexibility index (Phi) is 3.57. The van der Waals surface area contributed by atoms with E-state index in [0.29, 0.717) is 0 Å². The van der Waals surface area contributed by atoms with Crippen LogP contribution in [0, 0.1) is 0 Å². The van der Waals surface area contributed by atoms with Gasteiger partial charge in [0.05, 0.1) is 0 Å². The molecule has 0 saturated heterocycles. The average molecular weight is 265 g/mol. The van der Waals surface area contributed by atoms with Gasteiger partial charge in [0.15, 0.2) is 12.4 Å². The molecule has 18 heavy (non-hydrogen) atoms. The van der Waals surface area contributed by atoms with Gasteiger partial charge < -0.3 is 9.79 Å². The summed E-state index contributed by atoms with van der Waals surface area (Å²) >= 11 is 0. The third-order valence-corrected chi connectivity index (χ3v) is 4.02. The van der Waals surface area contributed by atoms with Gasteiger partial charge in [-0.3, -0.25) is 9.55 Å². The molecule has 0 bridgehead atoms. The van der Waals surface area contributed by atoms with Crippen LogP contribution in [0.5, 0.6) is 0 Å². The molecule has 5 nitrogen and oxygen atoms in total. The highest BCUT2D eigenvalue weighted by atomic mass is 31.2. The molecule has 6 heteroatoms. The molecule has 0 fully saturated rings. The van der Waals surface area contributed by atoms with Crippen LogP contribution >= 0.6 is 7.60 Å². The van der Waals surface area contributed by atoms with E-state index in [1.807, 2.05) is 24.3 Å². The molecule has 1 atom stereocenters. The minimum absolute atomic E-state index is 0.857. The summed E-state index contributed by atoms with van der Waals surface area (Å²) in [6.07, 6.45) is 6.74. The summed E-state index contributed by atoms with van der Waals surface area (Å²) in [7, 11) is -4.11. The molecule has 2 N–H and O–H groups in total. The maximum atomic E-state index is 11.2. The highest BCUT2D eigenvalue weighted by Crippen LogP contribution is 2.45. The van der Waals surface area contributed by atoms with Crippen LogP contribution < -0.4 is 4.57 Å². The first-order valence-electron chi connectivity index (χ1n) is 5.45. The first-order chi connectivity index (χ1) is 8.48. The Bertz CT molecular complexity index is 566. The topological polar surface area (TPSA) is 74.3 Å². The lowest BCUT2D eigenvalue weighted by Gasteiger charge is -2.09. The van der Waals surface area contributed by atoms with Gasteiger partial charge >= 0.3 is 7.60 Å². The van der Waals surface area contributed by atoms with Gasteiger partial charge in [-0.2, -0.15) is 4.57 Å². The van der Waals surface area contributed by atoms with E-state index in [4.69, 9.17) is 9.79 Å². The molecule has 0 saturated carbocycles. The van der Waals surface area contributed by atoms with Crippen molar-refractivity contribution in [1.82, 2.24) is 4.98 Å². The second-order valence-corrected chi connectivity index (χ2v) is 5.92. The quantitative estimate of drug-likeness (QED) is 0.654. The highest BCUT2D eigenvalue weighted by Gasteiger charge is 2.32. The largest absolute Gasteiger partial charge is 0.392 e. The predicted octanol–water partition coefficient (Wildman–Crippen LogP) is 1.73. The van der Waals surface area contributed by atoms with Gasteiger partial charge in [0.25, 0.3) is 5.78 Å². The molecule has 1 unspecified atom stereocenters. The number of rotatable bonds is 3. The Balaban J connectivity index is 2.29. The smallest absolute Gasteiger partial charge is 0.320 e. The molecule has 2 aromatic heterocycles. The van der Waals surface area contributed by atoms with Crippen LogP contribution in [0.1, 0.15) is 12.7 Å². The zero-order chi connectivity index (χ0) is 13.2. The molecular weight excluding hydrogens is 251 g/mol. The lowest BCUT2D eigenvalue weighted by Crippen LogP contribution is -2.36. The maximum absolute atomic E-state index is 11.2. The monoisotopic (exact) mass is 265 g/mol. The Morgan fingerprint density at radius 2 is 1.61 bits per heavy atom. The van der Waals surface area contributed by atoms with E-state index in [2.05, 4.69) is 4.98 Å². The first-order valence-corrected chi connectivity index (χ1v) is 7.13. The van der Waals surface area contributed by atoms with Crippen molar-refractivity contribution in [2.75, 3.05) is 0 Å². The summed E-state index contributed by atoms with van der Waals surface area (Å²) < 4.78 is 12.7. The summed E-state index contributed by atoms with van der Waals surface area (Å²) in [5.41, 5.74) is 1.99. The number of hydrogen-bond acceptors (Lipinski definition) is 2. The lowest BCUT2D eigenvalue weighted by molar-refractivity contribution is -0.701. The molecule has 0 aliphatic heterocycles. The second-order valence-electron chi connectivity index (χ2n) is 3.99. The van der Waals surface area contributed by atoms with Crippen LogP contribution in [0.25, 0.3) is 11.1 Å². The zero-order valence-corrected chi connectivity index (χ0v) is 10.7. The molecule has 0 aliphatic carbocycles. The van der Waals surface area contributed by atoms with Crippen LogP contribution in [0.15, 0.2) is 49.1 Å². The maximum Gasteiger partial charge on any atom is 0.392 e. The van der Waals surface area contributed by atoms with Gasteiger partial charge in [-0.15, -0.1) is 0 Å². The van der Waals surface area contributed by atoms with Crippen molar-refractivity contribution in [3.8, 4) is 11.1 Å². The molecule has 0 amide bonds. The third kappa shape index (κ3) is 2.82. The van der Waals surface area contributed by atoms with E-state index in [1.165, 1.54) is 11.5 Å². The Labute approximate surface area is 105 Å². The van der Waals surface area contributed by atoms with Crippen molar-refractivity contribution in [2.45, 2.75) is 12.7 Å². The van der Waals surface area contributed by atoms with Crippen molar-refractivity contribution in [2.24, 2.45) is 0 Å². The third-order valence-electron chi connectivity index (χ3n) is 2.78. The summed E-state index contributed by atoms with van der Waals surface area (Å²) in [6.45, 7) is 1.49. The van der Waals surface area contributed by atoms with Crippen molar-refractivity contribution < 1.29 is 18.9 Å². The fraction of sp³-hybridized carbons (Fsp3) is 0.167. The summed E-state index contributed by atoms with van der Waals surface area (Å²) in [5, 5.41) is 0. The summed E-state index contributed by atoms with van der Waals surface area (Å²) in [5.74, 6) is -0.857. The van der Waals surface area contributed by atoms with Crippen LogP contribution in [0.4, 0.5) is 0 Å². The van der Waals surface area contributed by atoms with Gasteiger partial charge in [0.2, 0.25) is 0 Å². The average Bonchev–Trinajstić information content (AvgIpc) is 2.38. The Morgan fingerprint density at radius 1 is 1.11 bits per heavy atom. The molecule has 0 aliphatic rings. The van der Waals surface area contributed by atoms with Gasteiger partial charge in [0.1, 0.15) is 0 Å². The van der Waals surface area contributed by atoms with Crippen LogP contribution in [0.2, 0.25) is 0 Å². The fourth-order valence-electron chi connectivity index (χ4n) is 1.60. The molecule has 0 spiro atoms. The van der Waals surface area contributed by atoms with Crippen LogP contribution in [0.3, 0.4) is 0 Å². The highest BCUT2D eigenvalue weighted by molar-refractivity contribution is 7.51. The minimum atomic E-state index is -4.11. The van der Waals surface area contributed by atoms with E-state index >= 15 is 0 Å². The fourth-order valence-corrected chi connectivity index (χ4v) is 2.10. The van der Waals surface area contributed by atoms with Crippen LogP contribution in [-0.4, -0.2) is 14.8 Å². The molecular formula is C12H14N2O3P+. The summed E-state index contributed by atoms with van der Waals surface area (Å²) in [4.78, 5) is 22.2. The van der Waals surface area contributed by atoms with Crippen molar-refractivity contribution >= 4 is 7.60 Å². The summed E-state index contributed by atoms with van der Waals surface area (Å²) in [6, 6.07) is 7.40. The number of nitrogens with zero attached hydrogens (tertiary/aromatic N) is 2. The van der Waals surface area contributed by atoms with Gasteiger partial charge in [-0.05, 0) is 23.3 Å². The molecule has 2 heterocycles. The van der Waals surface area contributed by atoms with E-state index < -0.39 is 13.4 Å². The Hall–Kier alpha value is -1.55. The van der Waals surface area contributed by atoms with Crippen molar-refractivity contribution in [3.05, 3.63) is 49.1 Å². The lowest BCUT2D eigenvalue weighted by atomic mass is 10.1. The first kappa shape index (κ1) is 12.9. The molecule has 2 rings (SSSR count). The zero-order valence-electron chi connectivity index (χ0n) is 9.84. The number of hydrogen-bond donors (Lipinski definition) is 2. The van der Waals surface area contributed by atoms with Gasteiger partial charge in [-0.25, -0.2) is 0 Å². The van der Waals surface area contributed by atoms with Crippen molar-refractivity contribution in [3.63, 3.8) is 0 Å². The van der Waals surface area contributed by atoms with Crippen molar-refractivity contribution in [1.29, 1.82) is 0 Å². The number of pyridine rings is 2. The minimum Gasteiger partial charge on any atom is -0.320 e. The SMILES string of the molecule is CC([n+]1ccc(-c2ccncc2)cc1)P(=O)(O)O. The molecule has 0 aromatic carbocycles. The van der Waals surface area contributed by atoms with Gasteiger partial charge in [0, 0.05) is 31.5 Å². The number of aromatic nitrogens is 2. The predicted molar refractivity (Wildman–Crippen MR) is 66.6 cm³/mol. The molecule has 0 radical (unpaired) electrons. The normalized spacial score (nSPS) is 13.3. The molecule has 94 valence electrons. The van der Waals surface area contributed by atoms with E-state index in [-0.39, 0.29) is 0 Å². The van der Waals surface area contributed by atoms with E-state index in [0.717, 1.165) is 11.1 Å². The molecule has 2 aromatic rings.